The largest absolute Gasteiger partial charge is 0.472 e. The zero-order chi connectivity index (χ0) is 46.0. The third-order valence-electron chi connectivity index (χ3n) is 11.6. The highest BCUT2D eigenvalue weighted by Gasteiger charge is 2.23. The molecule has 10 heteroatoms. The summed E-state index contributed by atoms with van der Waals surface area (Å²) in [6.07, 6.45) is 58.0. The van der Waals surface area contributed by atoms with Crippen molar-refractivity contribution < 1.29 is 37.9 Å². The zero-order valence-electron chi connectivity index (χ0n) is 41.0. The summed E-state index contributed by atoms with van der Waals surface area (Å²) in [7, 11) is -4.42. The molecule has 0 saturated heterocycles. The summed E-state index contributed by atoms with van der Waals surface area (Å²) < 4.78 is 27.0. The molecule has 0 bridgehead atoms. The molecule has 2 unspecified atom stereocenters. The Kier molecular flexibility index (Phi) is 48.3. The van der Waals surface area contributed by atoms with E-state index in [1.54, 1.807) is 0 Å². The van der Waals surface area contributed by atoms with Gasteiger partial charge in [0.05, 0.1) is 13.2 Å². The molecule has 0 radical (unpaired) electrons. The molecule has 0 fully saturated rings. The van der Waals surface area contributed by atoms with Crippen molar-refractivity contribution in [2.45, 2.75) is 264 Å². The molecule has 0 aromatic carbocycles. The second kappa shape index (κ2) is 49.7. The Hall–Kier alpha value is -1.77. The highest BCUT2D eigenvalue weighted by molar-refractivity contribution is 7.47. The quantitative estimate of drug-likeness (QED) is 0.0238. The Morgan fingerprint density at radius 2 is 0.857 bits per heavy atom. The summed E-state index contributed by atoms with van der Waals surface area (Å²) in [5.41, 5.74) is 0. The van der Waals surface area contributed by atoms with Crippen molar-refractivity contribution in [2.24, 2.45) is 0 Å². The second-order valence-electron chi connectivity index (χ2n) is 17.9. The third-order valence-corrected chi connectivity index (χ3v) is 12.6. The molecule has 0 aliphatic heterocycles. The molecule has 0 rings (SSSR count). The van der Waals surface area contributed by atoms with Gasteiger partial charge in [-0.3, -0.25) is 18.6 Å². The van der Waals surface area contributed by atoms with Crippen molar-refractivity contribution in [1.82, 2.24) is 5.32 Å². The fourth-order valence-electron chi connectivity index (χ4n) is 7.57. The van der Waals surface area contributed by atoms with Crippen LogP contribution in [0.25, 0.3) is 0 Å². The van der Waals surface area contributed by atoms with Crippen LogP contribution >= 0.6 is 7.82 Å². The van der Waals surface area contributed by atoms with E-state index in [2.05, 4.69) is 55.6 Å². The van der Waals surface area contributed by atoms with Crippen LogP contribution in [0.15, 0.2) is 36.5 Å². The molecule has 3 N–H and O–H groups in total. The molecule has 0 heterocycles. The number of hydrogen-bond acceptors (Lipinski definition) is 7. The Balaban J connectivity index is 3.54. The predicted octanol–water partition coefficient (Wildman–Crippen LogP) is 15.7. The molecule has 0 saturated carbocycles. The minimum atomic E-state index is -4.42. The van der Waals surface area contributed by atoms with Crippen LogP contribution in [-0.4, -0.2) is 54.3 Å². The average molecular weight is 910 g/mol. The smallest absolute Gasteiger partial charge is 0.463 e. The van der Waals surface area contributed by atoms with Crippen molar-refractivity contribution >= 4 is 19.7 Å². The molecule has 63 heavy (non-hydrogen) atoms. The number of aliphatic hydroxyl groups is 1. The number of aliphatic hydroxyl groups excluding tert-OH is 1. The first-order chi connectivity index (χ1) is 30.8. The summed E-state index contributed by atoms with van der Waals surface area (Å²) in [5.74, 6) is -0.519. The number of nitrogens with one attached hydrogen (secondary N) is 1. The first kappa shape index (κ1) is 61.2. The summed E-state index contributed by atoms with van der Waals surface area (Å²) >= 11 is 0. The zero-order valence-corrected chi connectivity index (χ0v) is 41.9. The predicted molar refractivity (Wildman–Crippen MR) is 266 cm³/mol. The van der Waals surface area contributed by atoms with E-state index < -0.39 is 26.5 Å². The lowest BCUT2D eigenvalue weighted by molar-refractivity contribution is -0.147. The Bertz CT molecular complexity index is 1130. The lowest BCUT2D eigenvalue weighted by Gasteiger charge is -2.15. The van der Waals surface area contributed by atoms with Gasteiger partial charge < -0.3 is 20.1 Å². The summed E-state index contributed by atoms with van der Waals surface area (Å²) in [6.45, 7) is 3.56. The van der Waals surface area contributed by atoms with E-state index >= 15 is 0 Å². The van der Waals surface area contributed by atoms with Crippen LogP contribution < -0.4 is 5.32 Å². The van der Waals surface area contributed by atoms with Gasteiger partial charge in [-0.15, -0.1) is 0 Å². The Morgan fingerprint density at radius 3 is 1.32 bits per heavy atom. The fraction of sp³-hybridized carbons (Fsp3) is 0.849. The number of esters is 1. The molecule has 0 aromatic rings. The van der Waals surface area contributed by atoms with Crippen LogP contribution in [0.3, 0.4) is 0 Å². The number of phosphoric ester groups is 1. The van der Waals surface area contributed by atoms with Crippen LogP contribution in [0.5, 0.6) is 0 Å². The molecule has 2 atom stereocenters. The molecule has 370 valence electrons. The Labute approximate surface area is 388 Å². The minimum Gasteiger partial charge on any atom is -0.463 e. The molecular formula is C53H100NO8P. The van der Waals surface area contributed by atoms with Gasteiger partial charge in [0.15, 0.2) is 0 Å². The molecule has 0 spiro atoms. The maximum absolute atomic E-state index is 12.2. The van der Waals surface area contributed by atoms with Gasteiger partial charge >= 0.3 is 13.8 Å². The number of unbranched alkanes of at least 4 members (excludes halogenated alkanes) is 31. The SMILES string of the molecule is CCCCC/C=C\C/C=C\C/C=C\CCCCCCCCC(=O)OCC(O)COP(=O)(O)OCCNC(=O)CCCCCCCCCCCCCCCCCCCCCCCCC. The molecule has 1 amide bonds. The maximum Gasteiger partial charge on any atom is 0.472 e. The van der Waals surface area contributed by atoms with E-state index in [-0.39, 0.29) is 32.1 Å². The summed E-state index contributed by atoms with van der Waals surface area (Å²) in [5, 5.41) is 12.8. The first-order valence-electron chi connectivity index (χ1n) is 26.5. The van der Waals surface area contributed by atoms with Gasteiger partial charge in [0, 0.05) is 19.4 Å². The Morgan fingerprint density at radius 1 is 0.492 bits per heavy atom. The van der Waals surface area contributed by atoms with E-state index in [1.807, 2.05) is 0 Å². The molecule has 0 aromatic heterocycles. The van der Waals surface area contributed by atoms with E-state index in [0.717, 1.165) is 64.2 Å². The van der Waals surface area contributed by atoms with Crippen molar-refractivity contribution in [2.75, 3.05) is 26.4 Å². The third kappa shape index (κ3) is 51.1. The standard InChI is InChI=1S/C53H100NO8P/c1-3-5-7-9-11-13-15-17-19-21-23-24-25-26-28-29-31-33-35-37-39-41-43-45-52(56)54-47-48-61-63(58,59)62-50-51(55)49-60-53(57)46-44-42-40-38-36-34-32-30-27-22-20-18-16-14-12-10-8-6-4-2/h12,14,18,20,27,30,51,55H,3-11,13,15-17,19,21-26,28-29,31-50H2,1-2H3,(H,54,56)(H,58,59)/b14-12-,20-18-,30-27-. The van der Waals surface area contributed by atoms with Crippen LogP contribution in [0.1, 0.15) is 258 Å². The number of rotatable bonds is 50. The van der Waals surface area contributed by atoms with Crippen LogP contribution in [-0.2, 0) is 27.9 Å². The number of carbonyl (C=O) groups excluding carboxylic acids is 2. The molecule has 9 nitrogen and oxygen atoms in total. The van der Waals surface area contributed by atoms with Gasteiger partial charge in [0.25, 0.3) is 0 Å². The normalized spacial score (nSPS) is 13.4. The number of hydrogen-bond donors (Lipinski definition) is 3. The highest BCUT2D eigenvalue weighted by atomic mass is 31.2. The van der Waals surface area contributed by atoms with Crippen molar-refractivity contribution in [3.63, 3.8) is 0 Å². The first-order valence-corrected chi connectivity index (χ1v) is 28.0. The van der Waals surface area contributed by atoms with Gasteiger partial charge in [-0.2, -0.15) is 0 Å². The average Bonchev–Trinajstić information content (AvgIpc) is 3.27. The summed E-state index contributed by atoms with van der Waals surface area (Å²) in [4.78, 5) is 34.1. The number of allylic oxidation sites excluding steroid dienone is 6. The minimum absolute atomic E-state index is 0.0829. The number of carbonyl (C=O) groups is 2. The highest BCUT2D eigenvalue weighted by Crippen LogP contribution is 2.42. The van der Waals surface area contributed by atoms with Crippen LogP contribution in [0.2, 0.25) is 0 Å². The lowest BCUT2D eigenvalue weighted by atomic mass is 10.0. The van der Waals surface area contributed by atoms with E-state index in [1.165, 1.54) is 167 Å². The van der Waals surface area contributed by atoms with Crippen molar-refractivity contribution in [3.8, 4) is 0 Å². The van der Waals surface area contributed by atoms with E-state index in [4.69, 9.17) is 13.8 Å². The maximum atomic E-state index is 12.2. The molecular weight excluding hydrogens is 810 g/mol. The fourth-order valence-corrected chi connectivity index (χ4v) is 8.32. The van der Waals surface area contributed by atoms with Crippen LogP contribution in [0, 0.1) is 0 Å². The lowest BCUT2D eigenvalue weighted by Crippen LogP contribution is -2.27. The monoisotopic (exact) mass is 910 g/mol. The van der Waals surface area contributed by atoms with Crippen LogP contribution in [0.4, 0.5) is 0 Å². The van der Waals surface area contributed by atoms with Crippen molar-refractivity contribution in [1.29, 1.82) is 0 Å². The molecule has 0 aliphatic rings. The summed E-state index contributed by atoms with van der Waals surface area (Å²) in [6, 6.07) is 0. The van der Waals surface area contributed by atoms with Crippen molar-refractivity contribution in [3.05, 3.63) is 36.5 Å². The van der Waals surface area contributed by atoms with Gasteiger partial charge in [0.1, 0.15) is 12.7 Å². The second-order valence-corrected chi connectivity index (χ2v) is 19.3. The van der Waals surface area contributed by atoms with E-state index in [9.17, 15) is 24.2 Å². The van der Waals surface area contributed by atoms with Gasteiger partial charge in [0.2, 0.25) is 5.91 Å². The van der Waals surface area contributed by atoms with Gasteiger partial charge in [-0.25, -0.2) is 4.57 Å². The van der Waals surface area contributed by atoms with E-state index in [0.29, 0.717) is 6.42 Å². The topological polar surface area (TPSA) is 131 Å². The number of phosphoric acid groups is 1. The number of amides is 1. The van der Waals surface area contributed by atoms with Gasteiger partial charge in [-0.1, -0.05) is 230 Å². The number of ether oxygens (including phenoxy) is 1. The van der Waals surface area contributed by atoms with Gasteiger partial charge in [-0.05, 0) is 51.4 Å². The molecule has 0 aliphatic carbocycles.